The minimum atomic E-state index is -0.469. The Bertz CT molecular complexity index is 845. The van der Waals surface area contributed by atoms with E-state index in [0.717, 1.165) is 10.6 Å². The van der Waals surface area contributed by atoms with Gasteiger partial charge in [0.05, 0.1) is 12.8 Å². The van der Waals surface area contributed by atoms with Crippen LogP contribution in [0.25, 0.3) is 10.6 Å². The maximum absolute atomic E-state index is 13.0. The lowest BCUT2D eigenvalue weighted by atomic mass is 10.2. The lowest BCUT2D eigenvalue weighted by Gasteiger charge is -2.07. The van der Waals surface area contributed by atoms with Gasteiger partial charge in [-0.2, -0.15) is 0 Å². The van der Waals surface area contributed by atoms with Crippen LogP contribution in [0.3, 0.4) is 0 Å². The smallest absolute Gasteiger partial charge is 0.342 e. The lowest BCUT2D eigenvalue weighted by Crippen LogP contribution is -2.07. The van der Waals surface area contributed by atoms with E-state index in [1.54, 1.807) is 36.4 Å². The molecule has 0 spiro atoms. The Labute approximate surface area is 142 Å². The lowest BCUT2D eigenvalue weighted by molar-refractivity contribution is 0.0465. The summed E-state index contributed by atoms with van der Waals surface area (Å²) in [6.07, 6.45) is 0. The number of hydrogen-bond donors (Lipinski definition) is 0. The number of ether oxygens (including phenoxy) is 2. The zero-order valence-corrected chi connectivity index (χ0v) is 13.7. The van der Waals surface area contributed by atoms with Gasteiger partial charge in [-0.1, -0.05) is 12.1 Å². The maximum atomic E-state index is 13.0. The molecule has 0 aliphatic heterocycles. The van der Waals surface area contributed by atoms with Crippen LogP contribution in [-0.4, -0.2) is 18.1 Å². The second kappa shape index (κ2) is 7.23. The minimum Gasteiger partial charge on any atom is -0.496 e. The molecule has 0 saturated carbocycles. The average molecular weight is 343 g/mol. The second-order valence-electron chi connectivity index (χ2n) is 4.93. The van der Waals surface area contributed by atoms with Crippen LogP contribution in [0.1, 0.15) is 16.1 Å². The third-order valence-corrected chi connectivity index (χ3v) is 4.26. The summed E-state index contributed by atoms with van der Waals surface area (Å²) in [6.45, 7) is 0.0641. The normalized spacial score (nSPS) is 10.4. The summed E-state index contributed by atoms with van der Waals surface area (Å²) in [5, 5.41) is 2.56. The number of benzene rings is 2. The molecule has 3 aromatic rings. The van der Waals surface area contributed by atoms with Gasteiger partial charge in [0.2, 0.25) is 0 Å². The van der Waals surface area contributed by atoms with Gasteiger partial charge in [0.25, 0.3) is 0 Å². The van der Waals surface area contributed by atoms with Crippen molar-refractivity contribution in [2.75, 3.05) is 7.11 Å². The third-order valence-electron chi connectivity index (χ3n) is 3.32. The van der Waals surface area contributed by atoms with Crippen LogP contribution in [-0.2, 0) is 11.3 Å². The fourth-order valence-electron chi connectivity index (χ4n) is 2.13. The molecule has 122 valence electrons. The largest absolute Gasteiger partial charge is 0.496 e. The first-order valence-electron chi connectivity index (χ1n) is 7.18. The number of carbonyl (C=O) groups is 1. The number of halogens is 1. The summed E-state index contributed by atoms with van der Waals surface area (Å²) in [5.41, 5.74) is 1.83. The SMILES string of the molecule is COc1ccccc1C(=O)OCc1csc(-c2ccc(F)cc2)n1. The molecule has 0 atom stereocenters. The predicted octanol–water partition coefficient (Wildman–Crippen LogP) is 4.31. The van der Waals surface area contributed by atoms with Crippen molar-refractivity contribution in [3.63, 3.8) is 0 Å². The Morgan fingerprint density at radius 1 is 1.17 bits per heavy atom. The number of methoxy groups -OCH3 is 1. The molecular weight excluding hydrogens is 329 g/mol. The van der Waals surface area contributed by atoms with Crippen LogP contribution in [0.2, 0.25) is 0 Å². The zero-order chi connectivity index (χ0) is 16.9. The van der Waals surface area contributed by atoms with E-state index in [4.69, 9.17) is 9.47 Å². The molecule has 0 aliphatic carbocycles. The van der Waals surface area contributed by atoms with Gasteiger partial charge in [-0.25, -0.2) is 14.2 Å². The molecule has 6 heteroatoms. The maximum Gasteiger partial charge on any atom is 0.342 e. The molecule has 0 aliphatic rings. The molecule has 0 bridgehead atoms. The van der Waals surface area contributed by atoms with E-state index in [2.05, 4.69) is 4.98 Å². The van der Waals surface area contributed by atoms with E-state index in [0.29, 0.717) is 17.0 Å². The van der Waals surface area contributed by atoms with Crippen molar-refractivity contribution in [3.05, 3.63) is 71.0 Å². The number of rotatable bonds is 5. The van der Waals surface area contributed by atoms with Crippen molar-refractivity contribution in [3.8, 4) is 16.3 Å². The Hall–Kier alpha value is -2.73. The van der Waals surface area contributed by atoms with Gasteiger partial charge >= 0.3 is 5.97 Å². The number of aromatic nitrogens is 1. The monoisotopic (exact) mass is 343 g/mol. The van der Waals surface area contributed by atoms with Gasteiger partial charge in [-0.3, -0.25) is 0 Å². The highest BCUT2D eigenvalue weighted by atomic mass is 32.1. The van der Waals surface area contributed by atoms with Crippen molar-refractivity contribution in [2.24, 2.45) is 0 Å². The third kappa shape index (κ3) is 3.60. The molecule has 24 heavy (non-hydrogen) atoms. The number of nitrogens with zero attached hydrogens (tertiary/aromatic N) is 1. The highest BCUT2D eigenvalue weighted by Gasteiger charge is 2.14. The van der Waals surface area contributed by atoms with Crippen LogP contribution in [0.5, 0.6) is 5.75 Å². The standard InChI is InChI=1S/C18H14FNO3S/c1-22-16-5-3-2-4-15(16)18(21)23-10-14-11-24-17(20-14)12-6-8-13(19)9-7-12/h2-9,11H,10H2,1H3. The van der Waals surface area contributed by atoms with Crippen molar-refractivity contribution in [1.29, 1.82) is 0 Å². The zero-order valence-electron chi connectivity index (χ0n) is 12.9. The van der Waals surface area contributed by atoms with E-state index in [1.165, 1.54) is 30.6 Å². The van der Waals surface area contributed by atoms with Gasteiger partial charge in [-0.05, 0) is 36.4 Å². The topological polar surface area (TPSA) is 48.4 Å². The molecule has 1 aromatic heterocycles. The summed E-state index contributed by atoms with van der Waals surface area (Å²) in [7, 11) is 1.50. The van der Waals surface area contributed by atoms with Gasteiger partial charge < -0.3 is 9.47 Å². The molecule has 3 rings (SSSR count). The molecule has 0 fully saturated rings. The first-order chi connectivity index (χ1) is 11.7. The molecular formula is C18H14FNO3S. The number of thiazole rings is 1. The highest BCUT2D eigenvalue weighted by Crippen LogP contribution is 2.25. The molecule has 0 saturated heterocycles. The molecule has 0 unspecified atom stereocenters. The van der Waals surface area contributed by atoms with Crippen LogP contribution in [0.15, 0.2) is 53.9 Å². The summed E-state index contributed by atoms with van der Waals surface area (Å²) in [4.78, 5) is 16.5. The molecule has 1 heterocycles. The molecule has 0 N–H and O–H groups in total. The fraction of sp³-hybridized carbons (Fsp3) is 0.111. The van der Waals surface area contributed by atoms with Crippen molar-refractivity contribution in [2.45, 2.75) is 6.61 Å². The summed E-state index contributed by atoms with van der Waals surface area (Å²) in [5.74, 6) is -0.294. The Morgan fingerprint density at radius 2 is 1.92 bits per heavy atom. The Kier molecular flexibility index (Phi) is 4.86. The van der Waals surface area contributed by atoms with Gasteiger partial charge in [0, 0.05) is 10.9 Å². The van der Waals surface area contributed by atoms with E-state index in [9.17, 15) is 9.18 Å². The van der Waals surface area contributed by atoms with Gasteiger partial charge in [0.1, 0.15) is 28.7 Å². The number of esters is 1. The second-order valence-corrected chi connectivity index (χ2v) is 5.79. The Balaban J connectivity index is 1.67. The van der Waals surface area contributed by atoms with Crippen LogP contribution < -0.4 is 4.74 Å². The Morgan fingerprint density at radius 3 is 2.67 bits per heavy atom. The first-order valence-corrected chi connectivity index (χ1v) is 8.06. The number of para-hydroxylation sites is 1. The van der Waals surface area contributed by atoms with E-state index in [-0.39, 0.29) is 12.4 Å². The molecule has 0 radical (unpaired) electrons. The van der Waals surface area contributed by atoms with Crippen molar-refractivity contribution in [1.82, 2.24) is 4.98 Å². The number of hydrogen-bond acceptors (Lipinski definition) is 5. The number of carbonyl (C=O) groups excluding carboxylic acids is 1. The summed E-state index contributed by atoms with van der Waals surface area (Å²) < 4.78 is 23.4. The highest BCUT2D eigenvalue weighted by molar-refractivity contribution is 7.13. The van der Waals surface area contributed by atoms with Crippen LogP contribution in [0, 0.1) is 5.82 Å². The first kappa shape index (κ1) is 16.1. The van der Waals surface area contributed by atoms with Gasteiger partial charge in [0.15, 0.2) is 0 Å². The van der Waals surface area contributed by atoms with Crippen LogP contribution in [0.4, 0.5) is 4.39 Å². The molecule has 2 aromatic carbocycles. The molecule has 0 amide bonds. The molecule has 4 nitrogen and oxygen atoms in total. The summed E-state index contributed by atoms with van der Waals surface area (Å²) in [6, 6.07) is 13.0. The summed E-state index contributed by atoms with van der Waals surface area (Å²) >= 11 is 1.41. The average Bonchev–Trinajstić information content (AvgIpc) is 3.09. The van der Waals surface area contributed by atoms with Crippen molar-refractivity contribution < 1.29 is 18.7 Å². The van der Waals surface area contributed by atoms with E-state index >= 15 is 0 Å². The van der Waals surface area contributed by atoms with E-state index in [1.807, 2.05) is 5.38 Å². The van der Waals surface area contributed by atoms with Crippen molar-refractivity contribution >= 4 is 17.3 Å². The quantitative estimate of drug-likeness (QED) is 0.648. The fourth-order valence-corrected chi connectivity index (χ4v) is 2.94. The predicted molar refractivity (Wildman–Crippen MR) is 89.6 cm³/mol. The van der Waals surface area contributed by atoms with Crippen LogP contribution >= 0.6 is 11.3 Å². The minimum absolute atomic E-state index is 0.0641. The van der Waals surface area contributed by atoms with Gasteiger partial charge in [-0.15, -0.1) is 11.3 Å². The van der Waals surface area contributed by atoms with E-state index < -0.39 is 5.97 Å².